The molecule has 2 aliphatic rings. The molecule has 2 aromatic carbocycles. The van der Waals surface area contributed by atoms with E-state index in [1.165, 1.54) is 0 Å². The van der Waals surface area contributed by atoms with Crippen LogP contribution in [0, 0.1) is 11.8 Å². The summed E-state index contributed by atoms with van der Waals surface area (Å²) in [6.07, 6.45) is 1.61. The molecule has 140 valence electrons. The fourth-order valence-electron chi connectivity index (χ4n) is 4.35. The van der Waals surface area contributed by atoms with Crippen LogP contribution in [0.2, 0.25) is 0 Å². The number of rotatable bonds is 5. The summed E-state index contributed by atoms with van der Waals surface area (Å²) in [6.45, 7) is 1.57. The summed E-state index contributed by atoms with van der Waals surface area (Å²) in [6, 6.07) is 16.2. The molecular weight excluding hydrogens is 342 g/mol. The van der Waals surface area contributed by atoms with E-state index in [-0.39, 0.29) is 18.4 Å². The Hall–Kier alpha value is -2.66. The number of hydrogen-bond donors (Lipinski definition) is 2. The van der Waals surface area contributed by atoms with Gasteiger partial charge < -0.3 is 15.2 Å². The largest absolute Gasteiger partial charge is 0.481 e. The predicted octanol–water partition coefficient (Wildman–Crippen LogP) is 3.04. The number of benzene rings is 2. The Labute approximate surface area is 158 Å². The zero-order valence-electron chi connectivity index (χ0n) is 15.1. The second-order valence-electron chi connectivity index (χ2n) is 7.28. The molecule has 2 atom stereocenters. The van der Waals surface area contributed by atoms with Crippen molar-refractivity contribution in [3.8, 4) is 11.1 Å². The molecule has 0 amide bonds. The predicted molar refractivity (Wildman–Crippen MR) is 101 cm³/mol. The number of nitrogens with one attached hydrogen (secondary N) is 1. The van der Waals surface area contributed by atoms with Crippen LogP contribution in [0.3, 0.4) is 0 Å². The highest BCUT2D eigenvalue weighted by Crippen LogP contribution is 2.44. The number of carbonyl (C=O) groups excluding carboxylic acids is 1. The number of carboxylic acids is 1. The van der Waals surface area contributed by atoms with Gasteiger partial charge in [-0.3, -0.25) is 9.59 Å². The maximum Gasteiger partial charge on any atom is 0.320 e. The molecule has 5 heteroatoms. The van der Waals surface area contributed by atoms with Gasteiger partial charge >= 0.3 is 11.9 Å². The van der Waals surface area contributed by atoms with Gasteiger partial charge in [-0.2, -0.15) is 0 Å². The SMILES string of the molecule is O=C(O)[C@@H](C(=O)OCC1c2ccccc2-c2ccccc21)[C@@H]1CCCNC1. The molecule has 1 aliphatic carbocycles. The topological polar surface area (TPSA) is 75.6 Å². The Balaban J connectivity index is 1.52. The second-order valence-corrected chi connectivity index (χ2v) is 7.28. The number of aliphatic carboxylic acids is 1. The summed E-state index contributed by atoms with van der Waals surface area (Å²) in [5.74, 6) is -3.10. The van der Waals surface area contributed by atoms with E-state index >= 15 is 0 Å². The molecule has 2 aromatic rings. The summed E-state index contributed by atoms with van der Waals surface area (Å²) in [5.41, 5.74) is 4.55. The molecule has 5 nitrogen and oxygen atoms in total. The molecule has 0 spiro atoms. The van der Waals surface area contributed by atoms with Gasteiger partial charge in [0.1, 0.15) is 6.61 Å². The van der Waals surface area contributed by atoms with Crippen molar-refractivity contribution in [2.24, 2.45) is 11.8 Å². The molecule has 1 heterocycles. The normalized spacial score (nSPS) is 19.8. The van der Waals surface area contributed by atoms with Crippen LogP contribution in [0.5, 0.6) is 0 Å². The highest BCUT2D eigenvalue weighted by atomic mass is 16.5. The van der Waals surface area contributed by atoms with Crippen LogP contribution in [0.15, 0.2) is 48.5 Å². The van der Waals surface area contributed by atoms with E-state index in [9.17, 15) is 14.7 Å². The Bertz CT molecular complexity index is 811. The molecule has 0 aromatic heterocycles. The lowest BCUT2D eigenvalue weighted by molar-refractivity contribution is -0.162. The van der Waals surface area contributed by atoms with Crippen LogP contribution in [0.4, 0.5) is 0 Å². The lowest BCUT2D eigenvalue weighted by Gasteiger charge is -2.27. The molecule has 1 aliphatic heterocycles. The van der Waals surface area contributed by atoms with Gasteiger partial charge in [-0.25, -0.2) is 0 Å². The van der Waals surface area contributed by atoms with Crippen LogP contribution in [0.25, 0.3) is 11.1 Å². The minimum Gasteiger partial charge on any atom is -0.481 e. The van der Waals surface area contributed by atoms with Gasteiger partial charge in [0.15, 0.2) is 5.92 Å². The number of hydrogen-bond acceptors (Lipinski definition) is 4. The zero-order chi connectivity index (χ0) is 18.8. The van der Waals surface area contributed by atoms with Crippen LogP contribution < -0.4 is 5.32 Å². The first-order chi connectivity index (χ1) is 13.2. The average molecular weight is 365 g/mol. The van der Waals surface area contributed by atoms with E-state index in [0.717, 1.165) is 41.6 Å². The molecule has 4 rings (SSSR count). The van der Waals surface area contributed by atoms with Gasteiger partial charge in [0.25, 0.3) is 0 Å². The van der Waals surface area contributed by atoms with Gasteiger partial charge in [-0.1, -0.05) is 48.5 Å². The number of esters is 1. The molecule has 0 radical (unpaired) electrons. The van der Waals surface area contributed by atoms with Crippen molar-refractivity contribution in [3.63, 3.8) is 0 Å². The highest BCUT2D eigenvalue weighted by Gasteiger charge is 2.38. The standard InChI is InChI=1S/C22H23NO4/c24-21(25)20(14-6-5-11-23-12-14)22(26)27-13-19-17-9-3-1-7-15(17)16-8-2-4-10-18(16)19/h1-4,7-10,14,19-20,23H,5-6,11-13H2,(H,24,25)/t14-,20+/m1/s1. The lowest BCUT2D eigenvalue weighted by Crippen LogP contribution is -2.41. The van der Waals surface area contributed by atoms with Crippen LogP contribution in [0.1, 0.15) is 29.9 Å². The minimum absolute atomic E-state index is 0.0553. The van der Waals surface area contributed by atoms with Crippen molar-refractivity contribution in [3.05, 3.63) is 59.7 Å². The molecule has 0 unspecified atom stereocenters. The second kappa shape index (κ2) is 7.53. The van der Waals surface area contributed by atoms with Gasteiger partial charge in [0, 0.05) is 5.92 Å². The molecule has 1 saturated heterocycles. The van der Waals surface area contributed by atoms with E-state index in [2.05, 4.69) is 17.4 Å². The van der Waals surface area contributed by atoms with E-state index in [1.807, 2.05) is 36.4 Å². The lowest BCUT2D eigenvalue weighted by atomic mass is 9.86. The first kappa shape index (κ1) is 17.7. The number of carbonyl (C=O) groups is 2. The molecule has 27 heavy (non-hydrogen) atoms. The van der Waals surface area contributed by atoms with E-state index in [1.54, 1.807) is 0 Å². The molecule has 0 bridgehead atoms. The van der Waals surface area contributed by atoms with E-state index in [0.29, 0.717) is 6.54 Å². The van der Waals surface area contributed by atoms with Crippen LogP contribution >= 0.6 is 0 Å². The minimum atomic E-state index is -1.11. The van der Waals surface area contributed by atoms with Crippen LogP contribution in [-0.4, -0.2) is 36.7 Å². The van der Waals surface area contributed by atoms with Crippen molar-refractivity contribution < 1.29 is 19.4 Å². The average Bonchev–Trinajstić information content (AvgIpc) is 3.01. The van der Waals surface area contributed by atoms with Gasteiger partial charge in [-0.15, -0.1) is 0 Å². The monoisotopic (exact) mass is 365 g/mol. The third kappa shape index (κ3) is 3.35. The molecular formula is C22H23NO4. The number of fused-ring (bicyclic) bond motifs is 3. The zero-order valence-corrected chi connectivity index (χ0v) is 15.1. The third-order valence-electron chi connectivity index (χ3n) is 5.68. The summed E-state index contributed by atoms with van der Waals surface area (Å²) in [5, 5.41) is 12.8. The highest BCUT2D eigenvalue weighted by molar-refractivity contribution is 5.94. The smallest absolute Gasteiger partial charge is 0.320 e. The van der Waals surface area contributed by atoms with Gasteiger partial charge in [0.2, 0.25) is 0 Å². The van der Waals surface area contributed by atoms with Crippen molar-refractivity contribution in [1.29, 1.82) is 0 Å². The number of ether oxygens (including phenoxy) is 1. The van der Waals surface area contributed by atoms with Gasteiger partial charge in [0.05, 0.1) is 0 Å². The summed E-state index contributed by atoms with van der Waals surface area (Å²) < 4.78 is 5.57. The fraction of sp³-hybridized carbons (Fsp3) is 0.364. The van der Waals surface area contributed by atoms with Crippen molar-refractivity contribution in [2.45, 2.75) is 18.8 Å². The van der Waals surface area contributed by atoms with Crippen LogP contribution in [-0.2, 0) is 14.3 Å². The Morgan fingerprint density at radius 1 is 1.07 bits per heavy atom. The van der Waals surface area contributed by atoms with E-state index < -0.39 is 17.9 Å². The number of piperidine rings is 1. The van der Waals surface area contributed by atoms with E-state index in [4.69, 9.17) is 4.74 Å². The molecule has 0 saturated carbocycles. The fourth-order valence-corrected chi connectivity index (χ4v) is 4.35. The Kier molecular flexibility index (Phi) is 4.94. The first-order valence-electron chi connectivity index (χ1n) is 9.45. The number of carboxylic acid groups (broad SMARTS) is 1. The van der Waals surface area contributed by atoms with Gasteiger partial charge in [-0.05, 0) is 54.1 Å². The summed E-state index contributed by atoms with van der Waals surface area (Å²) in [7, 11) is 0. The third-order valence-corrected chi connectivity index (χ3v) is 5.68. The summed E-state index contributed by atoms with van der Waals surface area (Å²) >= 11 is 0. The van der Waals surface area contributed by atoms with Crippen molar-refractivity contribution >= 4 is 11.9 Å². The maximum atomic E-state index is 12.6. The van der Waals surface area contributed by atoms with Crippen molar-refractivity contribution in [1.82, 2.24) is 5.32 Å². The maximum absolute atomic E-state index is 12.6. The summed E-state index contributed by atoms with van der Waals surface area (Å²) in [4.78, 5) is 24.3. The Morgan fingerprint density at radius 2 is 1.70 bits per heavy atom. The van der Waals surface area contributed by atoms with Crippen molar-refractivity contribution in [2.75, 3.05) is 19.7 Å². The first-order valence-corrected chi connectivity index (χ1v) is 9.45. The molecule has 2 N–H and O–H groups in total. The Morgan fingerprint density at radius 3 is 2.26 bits per heavy atom. The molecule has 1 fully saturated rings. The quantitative estimate of drug-likeness (QED) is 0.629.